The van der Waals surface area contributed by atoms with E-state index >= 15 is 0 Å². The summed E-state index contributed by atoms with van der Waals surface area (Å²) in [5.74, 6) is 0.753. The molecule has 0 heterocycles. The Balaban J connectivity index is 1.67. The van der Waals surface area contributed by atoms with Gasteiger partial charge in [0, 0.05) is 5.69 Å². The molecule has 2 N–H and O–H groups in total. The number of nitrogens with zero attached hydrogens (tertiary/aromatic N) is 1. The van der Waals surface area contributed by atoms with E-state index in [1.807, 2.05) is 38.1 Å². The third-order valence-corrected chi connectivity index (χ3v) is 4.99. The monoisotopic (exact) mass is 499 g/mol. The summed E-state index contributed by atoms with van der Waals surface area (Å²) in [4.78, 5) is 12.1. The van der Waals surface area contributed by atoms with Gasteiger partial charge in [0.15, 0.2) is 11.5 Å². The summed E-state index contributed by atoms with van der Waals surface area (Å²) in [5, 5.41) is 6.74. The summed E-state index contributed by atoms with van der Waals surface area (Å²) in [5.41, 5.74) is 5.64. The number of aryl methyl sites for hydroxylation is 1. The zero-order valence-corrected chi connectivity index (χ0v) is 19.3. The second kappa shape index (κ2) is 11.3. The number of ether oxygens (including phenoxy) is 2. The summed E-state index contributed by atoms with van der Waals surface area (Å²) in [6, 6.07) is 16.7. The predicted octanol–water partition coefficient (Wildman–Crippen LogP) is 6.03. The summed E-state index contributed by atoms with van der Waals surface area (Å²) in [6.45, 7) is 4.48. The van der Waals surface area contributed by atoms with Gasteiger partial charge >= 0.3 is 6.03 Å². The number of carbonyl (C=O) groups is 1. The number of hydrazone groups is 1. The summed E-state index contributed by atoms with van der Waals surface area (Å²) in [6.07, 6.45) is 1.51. The molecular weight excluding hydrogens is 477 g/mol. The number of benzene rings is 3. The molecule has 0 unspecified atom stereocenters. The first-order valence-electron chi connectivity index (χ1n) is 9.95. The van der Waals surface area contributed by atoms with Crippen molar-refractivity contribution >= 4 is 33.9 Å². The zero-order valence-electron chi connectivity index (χ0n) is 17.7. The molecule has 3 aromatic rings. The number of urea groups is 1. The molecule has 32 heavy (non-hydrogen) atoms. The van der Waals surface area contributed by atoms with Gasteiger partial charge in [0.25, 0.3) is 0 Å². The van der Waals surface area contributed by atoms with Gasteiger partial charge < -0.3 is 14.8 Å². The van der Waals surface area contributed by atoms with Crippen LogP contribution in [-0.4, -0.2) is 18.9 Å². The molecule has 0 aliphatic heterocycles. The lowest BCUT2D eigenvalue weighted by molar-refractivity contribution is 0.252. The van der Waals surface area contributed by atoms with Gasteiger partial charge in [-0.05, 0) is 76.8 Å². The molecule has 0 fully saturated rings. The topological polar surface area (TPSA) is 72.0 Å². The number of hydrogen-bond acceptors (Lipinski definition) is 4. The van der Waals surface area contributed by atoms with E-state index in [0.717, 1.165) is 11.1 Å². The second-order valence-corrected chi connectivity index (χ2v) is 7.67. The molecule has 2 amide bonds. The van der Waals surface area contributed by atoms with Crippen molar-refractivity contribution in [1.82, 2.24) is 5.43 Å². The standard InChI is InChI=1S/C24H23BrFN3O3/c1-3-31-22-13-18(14-27-29-24(30)28-21-7-5-4-6-16(21)2)12-20(25)23(22)32-15-17-8-10-19(26)11-9-17/h4-14H,3,15H2,1-2H3,(H2,28,29,30). The fourth-order valence-corrected chi connectivity index (χ4v) is 3.40. The Morgan fingerprint density at radius 1 is 1.12 bits per heavy atom. The molecule has 3 aromatic carbocycles. The molecule has 0 aromatic heterocycles. The van der Waals surface area contributed by atoms with Crippen molar-refractivity contribution in [3.63, 3.8) is 0 Å². The first-order chi connectivity index (χ1) is 15.5. The van der Waals surface area contributed by atoms with E-state index in [1.54, 1.807) is 24.3 Å². The maximum absolute atomic E-state index is 13.1. The molecule has 166 valence electrons. The number of hydrogen-bond donors (Lipinski definition) is 2. The zero-order chi connectivity index (χ0) is 22.9. The number of halogens is 2. The van der Waals surface area contributed by atoms with E-state index in [2.05, 4.69) is 31.8 Å². The highest BCUT2D eigenvalue weighted by Crippen LogP contribution is 2.37. The van der Waals surface area contributed by atoms with E-state index in [9.17, 15) is 9.18 Å². The fourth-order valence-electron chi connectivity index (χ4n) is 2.83. The van der Waals surface area contributed by atoms with Gasteiger partial charge in [0.05, 0.1) is 17.3 Å². The molecule has 0 bridgehead atoms. The Morgan fingerprint density at radius 2 is 1.88 bits per heavy atom. The Morgan fingerprint density at radius 3 is 2.59 bits per heavy atom. The minimum atomic E-state index is -0.445. The number of carbonyl (C=O) groups excluding carboxylic acids is 1. The highest BCUT2D eigenvalue weighted by molar-refractivity contribution is 9.10. The second-order valence-electron chi connectivity index (χ2n) is 6.82. The lowest BCUT2D eigenvalue weighted by Gasteiger charge is -2.14. The highest BCUT2D eigenvalue weighted by atomic mass is 79.9. The lowest BCUT2D eigenvalue weighted by atomic mass is 10.2. The van der Waals surface area contributed by atoms with E-state index in [-0.39, 0.29) is 12.4 Å². The van der Waals surface area contributed by atoms with Crippen molar-refractivity contribution in [2.45, 2.75) is 20.5 Å². The maximum Gasteiger partial charge on any atom is 0.339 e. The first-order valence-corrected chi connectivity index (χ1v) is 10.7. The van der Waals surface area contributed by atoms with Gasteiger partial charge in [-0.3, -0.25) is 0 Å². The van der Waals surface area contributed by atoms with Crippen LogP contribution >= 0.6 is 15.9 Å². The van der Waals surface area contributed by atoms with Gasteiger partial charge in [-0.15, -0.1) is 0 Å². The predicted molar refractivity (Wildman–Crippen MR) is 127 cm³/mol. The molecule has 0 saturated heterocycles. The van der Waals surface area contributed by atoms with Crippen molar-refractivity contribution < 1.29 is 18.7 Å². The SMILES string of the molecule is CCOc1cc(C=NNC(=O)Nc2ccccc2C)cc(Br)c1OCc1ccc(F)cc1. The quantitative estimate of drug-likeness (QED) is 0.293. The van der Waals surface area contributed by atoms with Crippen molar-refractivity contribution in [3.8, 4) is 11.5 Å². The van der Waals surface area contributed by atoms with Crippen LogP contribution in [0, 0.1) is 12.7 Å². The van der Waals surface area contributed by atoms with Crippen LogP contribution in [0.25, 0.3) is 0 Å². The Kier molecular flexibility index (Phi) is 8.21. The van der Waals surface area contributed by atoms with E-state index in [0.29, 0.717) is 33.8 Å². The Labute approximate surface area is 194 Å². The number of rotatable bonds is 8. The molecule has 0 saturated carbocycles. The summed E-state index contributed by atoms with van der Waals surface area (Å²) < 4.78 is 25.4. The highest BCUT2D eigenvalue weighted by Gasteiger charge is 2.12. The molecule has 0 aliphatic carbocycles. The molecule has 6 nitrogen and oxygen atoms in total. The summed E-state index contributed by atoms with van der Waals surface area (Å²) in [7, 11) is 0. The molecule has 0 radical (unpaired) electrons. The van der Waals surface area contributed by atoms with Crippen molar-refractivity contribution in [2.75, 3.05) is 11.9 Å². The van der Waals surface area contributed by atoms with Gasteiger partial charge in [-0.2, -0.15) is 5.10 Å². The van der Waals surface area contributed by atoms with Crippen LogP contribution in [0.3, 0.4) is 0 Å². The number of nitrogens with one attached hydrogen (secondary N) is 2. The van der Waals surface area contributed by atoms with Crippen LogP contribution in [-0.2, 0) is 6.61 Å². The van der Waals surface area contributed by atoms with Gasteiger partial charge in [-0.25, -0.2) is 14.6 Å². The lowest BCUT2D eigenvalue weighted by Crippen LogP contribution is -2.24. The fraction of sp³-hybridized carbons (Fsp3) is 0.167. The van der Waals surface area contributed by atoms with Crippen LogP contribution in [0.15, 0.2) is 70.2 Å². The van der Waals surface area contributed by atoms with Crippen LogP contribution in [0.4, 0.5) is 14.9 Å². The van der Waals surface area contributed by atoms with Crippen molar-refractivity contribution in [2.24, 2.45) is 5.10 Å². The van der Waals surface area contributed by atoms with Crippen LogP contribution in [0.2, 0.25) is 0 Å². The molecule has 3 rings (SSSR count). The number of amides is 2. The average molecular weight is 500 g/mol. The van der Waals surface area contributed by atoms with E-state index in [1.165, 1.54) is 18.3 Å². The minimum absolute atomic E-state index is 0.257. The van der Waals surface area contributed by atoms with Gasteiger partial charge in [0.1, 0.15) is 12.4 Å². The maximum atomic E-state index is 13.1. The largest absolute Gasteiger partial charge is 0.490 e. The molecule has 0 aliphatic rings. The Bertz CT molecular complexity index is 1100. The van der Waals surface area contributed by atoms with Crippen molar-refractivity contribution in [1.29, 1.82) is 0 Å². The smallest absolute Gasteiger partial charge is 0.339 e. The molecule has 8 heteroatoms. The Hall–Kier alpha value is -3.39. The number of para-hydroxylation sites is 1. The molecule has 0 spiro atoms. The molecular formula is C24H23BrFN3O3. The number of anilines is 1. The van der Waals surface area contributed by atoms with Gasteiger partial charge in [-0.1, -0.05) is 30.3 Å². The first kappa shape index (κ1) is 23.3. The van der Waals surface area contributed by atoms with E-state index in [4.69, 9.17) is 9.47 Å². The van der Waals surface area contributed by atoms with Gasteiger partial charge in [0.2, 0.25) is 0 Å². The van der Waals surface area contributed by atoms with Crippen LogP contribution in [0.1, 0.15) is 23.6 Å². The minimum Gasteiger partial charge on any atom is -0.490 e. The van der Waals surface area contributed by atoms with E-state index < -0.39 is 6.03 Å². The third kappa shape index (κ3) is 6.55. The van der Waals surface area contributed by atoms with Crippen LogP contribution < -0.4 is 20.2 Å². The average Bonchev–Trinajstić information content (AvgIpc) is 2.76. The normalized spacial score (nSPS) is 10.8. The summed E-state index contributed by atoms with van der Waals surface area (Å²) >= 11 is 3.50. The van der Waals surface area contributed by atoms with Crippen LogP contribution in [0.5, 0.6) is 11.5 Å². The third-order valence-electron chi connectivity index (χ3n) is 4.40. The molecule has 0 atom stereocenters. The van der Waals surface area contributed by atoms with Crippen molar-refractivity contribution in [3.05, 3.63) is 87.6 Å².